The molecule has 0 rings (SSSR count). The van der Waals surface area contributed by atoms with E-state index in [1.165, 1.54) is 51.4 Å². The Labute approximate surface area is 158 Å². The van der Waals surface area contributed by atoms with E-state index >= 15 is 0 Å². The first kappa shape index (κ1) is 33.5. The Kier molecular flexibility index (Phi) is 79.3. The van der Waals surface area contributed by atoms with Gasteiger partial charge in [-0.25, -0.2) is 0 Å². The average Bonchev–Trinajstić information content (AvgIpc) is 2.44. The summed E-state index contributed by atoms with van der Waals surface area (Å²) in [6.07, 6.45) is 14.6. The van der Waals surface area contributed by atoms with Crippen LogP contribution in [0.5, 0.6) is 0 Å². The third-order valence-corrected chi connectivity index (χ3v) is 2.41. The van der Waals surface area contributed by atoms with Crippen LogP contribution in [0.1, 0.15) is 105 Å². The Balaban J connectivity index is -0.0000000533. The van der Waals surface area contributed by atoms with Crippen molar-refractivity contribution >= 4 is 0 Å². The van der Waals surface area contributed by atoms with Crippen molar-refractivity contribution in [3.05, 3.63) is 27.7 Å². The van der Waals surface area contributed by atoms with E-state index in [0.29, 0.717) is 0 Å². The zero-order valence-corrected chi connectivity index (χ0v) is 18.3. The molecule has 0 saturated heterocycles. The molecule has 21 heavy (non-hydrogen) atoms. The van der Waals surface area contributed by atoms with Crippen LogP contribution in [0.25, 0.3) is 0 Å². The molecule has 128 valence electrons. The molecule has 0 aliphatic heterocycles. The van der Waals surface area contributed by atoms with Crippen LogP contribution in [-0.4, -0.2) is 0 Å². The Morgan fingerprint density at radius 3 is 0.571 bits per heavy atom. The third kappa shape index (κ3) is 94.4. The molecule has 0 heterocycles. The van der Waals surface area contributed by atoms with Crippen molar-refractivity contribution in [3.8, 4) is 0 Å². The molecule has 0 aromatic rings. The molecule has 0 N–H and O–H groups in total. The van der Waals surface area contributed by atoms with Crippen LogP contribution in [0.15, 0.2) is 0 Å². The molecule has 0 aromatic carbocycles. The first-order chi connectivity index (χ1) is 9.66. The van der Waals surface area contributed by atoms with Crippen molar-refractivity contribution in [2.45, 2.75) is 105 Å². The predicted molar refractivity (Wildman–Crippen MR) is 99.5 cm³/mol. The molecular weight excluding hydrogens is 331 g/mol. The van der Waals surface area contributed by atoms with E-state index in [4.69, 9.17) is 0 Å². The van der Waals surface area contributed by atoms with Crippen molar-refractivity contribution in [1.29, 1.82) is 0 Å². The van der Waals surface area contributed by atoms with Gasteiger partial charge in [-0.1, -0.05) is 79.1 Å². The average molecular weight is 376 g/mol. The minimum absolute atomic E-state index is 0. The summed E-state index contributed by atoms with van der Waals surface area (Å²) in [4.78, 5) is 0. The third-order valence-electron chi connectivity index (χ3n) is 2.41. The van der Waals surface area contributed by atoms with Crippen LogP contribution >= 0.6 is 0 Å². The molecule has 0 bridgehead atoms. The van der Waals surface area contributed by atoms with Gasteiger partial charge >= 0.3 is 26.2 Å². The molecule has 0 nitrogen and oxygen atoms in total. The van der Waals surface area contributed by atoms with Crippen molar-refractivity contribution in [2.75, 3.05) is 0 Å². The van der Waals surface area contributed by atoms with Crippen LogP contribution in [0.3, 0.4) is 0 Å². The molecule has 0 aliphatic rings. The minimum Gasteiger partial charge on any atom is -0.343 e. The summed E-state index contributed by atoms with van der Waals surface area (Å²) < 4.78 is 0. The number of hydrogen-bond acceptors (Lipinski definition) is 0. The second-order valence-corrected chi connectivity index (χ2v) is 4.83. The Morgan fingerprint density at radius 1 is 0.429 bits per heavy atom. The molecule has 0 radical (unpaired) electrons. The Bertz CT molecular complexity index is 59.8. The fourth-order valence-corrected chi connectivity index (χ4v) is 1.000. The zero-order chi connectivity index (χ0) is 16.5. The quantitative estimate of drug-likeness (QED) is 0.376. The van der Waals surface area contributed by atoms with E-state index in [1.807, 2.05) is 0 Å². The van der Waals surface area contributed by atoms with Gasteiger partial charge in [0, 0.05) is 0 Å². The van der Waals surface area contributed by atoms with E-state index in [0.717, 1.165) is 25.7 Å². The molecule has 0 amide bonds. The number of hydrogen-bond donors (Lipinski definition) is 0. The summed E-state index contributed by atoms with van der Waals surface area (Å²) >= 11 is 0. The van der Waals surface area contributed by atoms with Crippen molar-refractivity contribution < 1.29 is 26.2 Å². The molecule has 0 unspecified atom stereocenters. The fourth-order valence-electron chi connectivity index (χ4n) is 1.000. The minimum atomic E-state index is 0. The van der Waals surface area contributed by atoms with Crippen LogP contribution in [0.4, 0.5) is 0 Å². The second kappa shape index (κ2) is 49.7. The van der Waals surface area contributed by atoms with Gasteiger partial charge in [-0.15, -0.1) is 0 Å². The van der Waals surface area contributed by atoms with Crippen molar-refractivity contribution in [1.82, 2.24) is 0 Å². The molecular formula is C20H44Zr. The van der Waals surface area contributed by atoms with E-state index in [1.54, 1.807) is 0 Å². The van der Waals surface area contributed by atoms with Gasteiger partial charge < -0.3 is 27.7 Å². The smallest absolute Gasteiger partial charge is 0.343 e. The molecule has 0 aliphatic carbocycles. The van der Waals surface area contributed by atoms with E-state index in [9.17, 15) is 0 Å². The fraction of sp³-hybridized carbons (Fsp3) is 0.800. The molecule has 0 aromatic heterocycles. The maximum Gasteiger partial charge on any atom is 4.00 e. The maximum absolute atomic E-state index is 3.68. The first-order valence-corrected chi connectivity index (χ1v) is 8.83. The molecule has 1 heteroatoms. The SMILES string of the molecule is [CH2-]CCCC.[CH2-]CCCC.[CH2-]CCCC.[CH2-]CCCC.[Zr+4]. The normalized spacial score (nSPS) is 8.00. The molecule has 0 saturated carbocycles. The largest absolute Gasteiger partial charge is 4.00 e. The van der Waals surface area contributed by atoms with Crippen molar-refractivity contribution in [3.63, 3.8) is 0 Å². The van der Waals surface area contributed by atoms with Crippen molar-refractivity contribution in [2.24, 2.45) is 0 Å². The number of rotatable bonds is 8. The first-order valence-electron chi connectivity index (χ1n) is 8.83. The summed E-state index contributed by atoms with van der Waals surface area (Å²) in [5, 5.41) is 0. The van der Waals surface area contributed by atoms with E-state index in [-0.39, 0.29) is 26.2 Å². The Morgan fingerprint density at radius 2 is 0.571 bits per heavy atom. The van der Waals surface area contributed by atoms with Crippen LogP contribution < -0.4 is 0 Å². The molecule has 0 atom stereocenters. The van der Waals surface area contributed by atoms with Gasteiger partial charge in [0.2, 0.25) is 0 Å². The van der Waals surface area contributed by atoms with Crippen LogP contribution in [0.2, 0.25) is 0 Å². The predicted octanol–water partition coefficient (Wildman–Crippen LogP) is 8.04. The topological polar surface area (TPSA) is 0 Å². The van der Waals surface area contributed by atoms with Gasteiger partial charge in [-0.2, -0.15) is 25.7 Å². The van der Waals surface area contributed by atoms with Gasteiger partial charge in [0.05, 0.1) is 0 Å². The zero-order valence-electron chi connectivity index (χ0n) is 15.8. The summed E-state index contributed by atoms with van der Waals surface area (Å²) in [6, 6.07) is 0. The van der Waals surface area contributed by atoms with Crippen LogP contribution in [0, 0.1) is 27.7 Å². The molecule has 0 fully saturated rings. The van der Waals surface area contributed by atoms with Crippen LogP contribution in [-0.2, 0) is 26.2 Å². The van der Waals surface area contributed by atoms with E-state index in [2.05, 4.69) is 55.4 Å². The van der Waals surface area contributed by atoms with Gasteiger partial charge in [-0.3, -0.25) is 0 Å². The standard InChI is InChI=1S/4C5H11.Zr/c4*1-3-5-4-2;/h4*1,3-5H2,2H3;/q4*-1;+4. The van der Waals surface area contributed by atoms with Gasteiger partial charge in [-0.05, 0) is 0 Å². The molecule has 0 spiro atoms. The maximum atomic E-state index is 3.68. The summed E-state index contributed by atoms with van der Waals surface area (Å²) in [5.41, 5.74) is 0. The second-order valence-electron chi connectivity index (χ2n) is 4.83. The summed E-state index contributed by atoms with van der Waals surface area (Å²) in [5.74, 6) is 0. The van der Waals surface area contributed by atoms with Gasteiger partial charge in [0.15, 0.2) is 0 Å². The van der Waals surface area contributed by atoms with Gasteiger partial charge in [0.1, 0.15) is 0 Å². The van der Waals surface area contributed by atoms with E-state index < -0.39 is 0 Å². The summed E-state index contributed by atoms with van der Waals surface area (Å²) in [7, 11) is 0. The Hall–Kier alpha value is 0.883. The monoisotopic (exact) mass is 374 g/mol. The number of unbranched alkanes of at least 4 members (excludes halogenated alkanes) is 8. The summed E-state index contributed by atoms with van der Waals surface area (Å²) in [6.45, 7) is 23.4. The van der Waals surface area contributed by atoms with Gasteiger partial charge in [0.25, 0.3) is 0 Å².